The van der Waals surface area contributed by atoms with Crippen LogP contribution < -0.4 is 0 Å². The van der Waals surface area contributed by atoms with Gasteiger partial charge < -0.3 is 24.8 Å². The Hall–Kier alpha value is -0.530. The van der Waals surface area contributed by atoms with E-state index in [9.17, 15) is 20.1 Å². The van der Waals surface area contributed by atoms with Gasteiger partial charge in [0, 0.05) is 30.6 Å². The molecule has 0 aromatic carbocycles. The third kappa shape index (κ3) is 2.76. The second kappa shape index (κ2) is 7.03. The molecule has 6 aliphatic rings. The van der Waals surface area contributed by atoms with Gasteiger partial charge in [0.25, 0.3) is 0 Å². The molecule has 0 aromatic rings. The van der Waals surface area contributed by atoms with E-state index in [0.717, 1.165) is 38.7 Å². The Morgan fingerprint density at radius 3 is 2.42 bits per heavy atom. The number of ether oxygens (including phenoxy) is 2. The summed E-state index contributed by atoms with van der Waals surface area (Å²) >= 11 is 0. The van der Waals surface area contributed by atoms with Crippen LogP contribution in [-0.4, -0.2) is 57.4 Å². The third-order valence-corrected chi connectivity index (χ3v) is 11.9. The molecule has 2 aliphatic heterocycles. The first-order valence-electron chi connectivity index (χ1n) is 13.4. The molecule has 3 N–H and O–H groups in total. The van der Waals surface area contributed by atoms with E-state index in [1.807, 2.05) is 6.92 Å². The van der Waals surface area contributed by atoms with E-state index in [0.29, 0.717) is 30.1 Å². The maximum Gasteiger partial charge on any atom is 0.171 e. The number of aliphatic hydroxyl groups is 3. The molecule has 6 heteroatoms. The van der Waals surface area contributed by atoms with Crippen molar-refractivity contribution in [1.29, 1.82) is 0 Å². The summed E-state index contributed by atoms with van der Waals surface area (Å²) in [5, 5.41) is 32.4. The minimum atomic E-state index is -1.53. The lowest BCUT2D eigenvalue weighted by molar-refractivity contribution is -0.274. The second-order valence-corrected chi connectivity index (χ2v) is 13.3. The fraction of sp³-hybridized carbons (Fsp3) is 0.963. The molecule has 6 rings (SSSR count). The van der Waals surface area contributed by atoms with Crippen LogP contribution in [0.3, 0.4) is 0 Å². The fourth-order valence-electron chi connectivity index (χ4n) is 10.1. The Kier molecular flexibility index (Phi) is 4.88. The van der Waals surface area contributed by atoms with E-state index in [4.69, 9.17) is 9.47 Å². The largest absolute Gasteiger partial charge is 0.390 e. The van der Waals surface area contributed by atoms with Crippen LogP contribution >= 0.6 is 0 Å². The van der Waals surface area contributed by atoms with Gasteiger partial charge in [-0.25, -0.2) is 0 Å². The van der Waals surface area contributed by atoms with Gasteiger partial charge in [-0.05, 0) is 67.1 Å². The quantitative estimate of drug-likeness (QED) is 0.512. The highest BCUT2D eigenvalue weighted by molar-refractivity contribution is 5.89. The van der Waals surface area contributed by atoms with Crippen LogP contribution in [-0.2, 0) is 14.3 Å². The monoisotopic (exact) mass is 462 g/mol. The summed E-state index contributed by atoms with van der Waals surface area (Å²) in [5.41, 5.74) is -2.13. The van der Waals surface area contributed by atoms with E-state index in [1.165, 1.54) is 0 Å². The minimum Gasteiger partial charge on any atom is -0.390 e. The van der Waals surface area contributed by atoms with Gasteiger partial charge in [0.15, 0.2) is 11.6 Å². The lowest BCUT2D eigenvalue weighted by atomic mass is 9.42. The summed E-state index contributed by atoms with van der Waals surface area (Å²) in [6.45, 7) is 9.77. The van der Waals surface area contributed by atoms with E-state index in [1.54, 1.807) is 0 Å². The molecular weight excluding hydrogens is 420 g/mol. The van der Waals surface area contributed by atoms with Gasteiger partial charge in [-0.3, -0.25) is 4.79 Å². The van der Waals surface area contributed by atoms with Crippen molar-refractivity contribution < 1.29 is 29.6 Å². The lowest BCUT2D eigenvalue weighted by Gasteiger charge is -2.63. The van der Waals surface area contributed by atoms with Crippen molar-refractivity contribution in [3.8, 4) is 0 Å². The highest BCUT2D eigenvalue weighted by Crippen LogP contribution is 2.71. The summed E-state index contributed by atoms with van der Waals surface area (Å²) in [7, 11) is 0. The Bertz CT molecular complexity index is 836. The molecule has 0 radical (unpaired) electrons. The number of ketones is 1. The highest BCUT2D eigenvalue weighted by Gasteiger charge is 2.72. The van der Waals surface area contributed by atoms with E-state index < -0.39 is 29.0 Å². The zero-order valence-electron chi connectivity index (χ0n) is 20.6. The topological polar surface area (TPSA) is 96.2 Å². The molecule has 0 bridgehead atoms. The van der Waals surface area contributed by atoms with Gasteiger partial charge in [-0.2, -0.15) is 0 Å². The number of hydrogen-bond donors (Lipinski definition) is 3. The van der Waals surface area contributed by atoms with E-state index >= 15 is 0 Å². The average molecular weight is 463 g/mol. The van der Waals surface area contributed by atoms with Gasteiger partial charge in [-0.15, -0.1) is 0 Å². The molecule has 4 saturated carbocycles. The summed E-state index contributed by atoms with van der Waals surface area (Å²) in [6, 6.07) is 0. The zero-order chi connectivity index (χ0) is 23.6. The van der Waals surface area contributed by atoms with Gasteiger partial charge in [0.1, 0.15) is 5.60 Å². The average Bonchev–Trinajstić information content (AvgIpc) is 3.19. The van der Waals surface area contributed by atoms with Crippen molar-refractivity contribution in [2.45, 2.75) is 109 Å². The van der Waals surface area contributed by atoms with Crippen LogP contribution in [0.15, 0.2) is 0 Å². The maximum atomic E-state index is 13.4. The SMILES string of the molecule is C[C@@H]1CC[C@@]2(OC1)O[C@H]1C[C@H]3[C@@H]4CC(=O)[C@@]5(O)C[C@@H](O)[C@H](O)C[C@]5(C)[C@H]4CC[C@]3(C)[C@H]1[C@@H]2C. The van der Waals surface area contributed by atoms with Crippen molar-refractivity contribution in [1.82, 2.24) is 0 Å². The Balaban J connectivity index is 1.31. The van der Waals surface area contributed by atoms with E-state index in [2.05, 4.69) is 20.8 Å². The van der Waals surface area contributed by atoms with Crippen LogP contribution in [0.25, 0.3) is 0 Å². The van der Waals surface area contributed by atoms with Crippen LogP contribution in [0, 0.1) is 46.3 Å². The molecule has 2 heterocycles. The van der Waals surface area contributed by atoms with Crippen LogP contribution in [0.1, 0.15) is 79.1 Å². The molecule has 1 spiro atoms. The van der Waals surface area contributed by atoms with Crippen LogP contribution in [0.4, 0.5) is 0 Å². The number of Topliss-reactive ketones (excluding diaryl/α,β-unsaturated/α-hetero) is 1. The number of rotatable bonds is 0. The number of aliphatic hydroxyl groups excluding tert-OH is 2. The lowest BCUT2D eigenvalue weighted by Crippen LogP contribution is -2.69. The molecule has 0 aromatic heterocycles. The van der Waals surface area contributed by atoms with Crippen molar-refractivity contribution in [2.24, 2.45) is 46.3 Å². The molecule has 2 saturated heterocycles. The first-order chi connectivity index (χ1) is 15.5. The molecule has 6 nitrogen and oxygen atoms in total. The van der Waals surface area contributed by atoms with Gasteiger partial charge in [0.05, 0.1) is 24.9 Å². The predicted molar refractivity (Wildman–Crippen MR) is 121 cm³/mol. The molecule has 33 heavy (non-hydrogen) atoms. The molecular formula is C27H42O6. The first-order valence-corrected chi connectivity index (χ1v) is 13.4. The Morgan fingerprint density at radius 1 is 1.00 bits per heavy atom. The third-order valence-electron chi connectivity index (χ3n) is 11.9. The number of carbonyl (C=O) groups excluding carboxylic acids is 1. The molecule has 4 aliphatic carbocycles. The van der Waals surface area contributed by atoms with Gasteiger partial charge >= 0.3 is 0 Å². The van der Waals surface area contributed by atoms with Gasteiger partial charge in [-0.1, -0.05) is 27.7 Å². The predicted octanol–water partition coefficient (Wildman–Crippen LogP) is 3.06. The maximum absolute atomic E-state index is 13.4. The van der Waals surface area contributed by atoms with E-state index in [-0.39, 0.29) is 42.0 Å². The Morgan fingerprint density at radius 2 is 1.73 bits per heavy atom. The molecule has 6 fully saturated rings. The fourth-order valence-corrected chi connectivity index (χ4v) is 10.1. The first kappa shape index (κ1) is 22.9. The van der Waals surface area contributed by atoms with Gasteiger partial charge in [0.2, 0.25) is 0 Å². The number of fused-ring (bicyclic) bond motifs is 7. The summed E-state index contributed by atoms with van der Waals surface area (Å²) in [6.07, 6.45) is 3.96. The highest BCUT2D eigenvalue weighted by atomic mass is 16.7. The summed E-state index contributed by atoms with van der Waals surface area (Å²) in [4.78, 5) is 13.4. The number of carbonyl (C=O) groups is 1. The molecule has 0 amide bonds. The summed E-state index contributed by atoms with van der Waals surface area (Å²) < 4.78 is 13.2. The second-order valence-electron chi connectivity index (χ2n) is 13.3. The van der Waals surface area contributed by atoms with Crippen molar-refractivity contribution in [2.75, 3.05) is 6.61 Å². The molecule has 186 valence electrons. The normalized spacial score (nSPS) is 62.5. The summed E-state index contributed by atoms with van der Waals surface area (Å²) in [5.74, 6) is 1.53. The van der Waals surface area contributed by atoms with Crippen molar-refractivity contribution in [3.63, 3.8) is 0 Å². The van der Waals surface area contributed by atoms with Crippen LogP contribution in [0.2, 0.25) is 0 Å². The van der Waals surface area contributed by atoms with Crippen LogP contribution in [0.5, 0.6) is 0 Å². The smallest absolute Gasteiger partial charge is 0.171 e. The minimum absolute atomic E-state index is 0.0433. The molecule has 13 atom stereocenters. The molecule has 0 unspecified atom stereocenters. The van der Waals surface area contributed by atoms with Crippen molar-refractivity contribution >= 4 is 5.78 Å². The Labute approximate surface area is 197 Å². The number of hydrogen-bond acceptors (Lipinski definition) is 6. The zero-order valence-corrected chi connectivity index (χ0v) is 20.6. The standard InChI is InChI=1S/C27H42O6/c1-14-5-8-27(32-13-14)15(2)23-21(33-27)10-18-16-9-22(30)26(31)12-20(29)19(28)11-25(26,4)17(16)6-7-24(18,23)3/h14-21,23,28-29,31H,5-13H2,1-4H3/t14-,15+,16-,17+,18+,19-,20-,21+,23+,24+,25-,26+,27-/m1/s1. The van der Waals surface area contributed by atoms with Crippen molar-refractivity contribution in [3.05, 3.63) is 0 Å².